The molecule has 26 heavy (non-hydrogen) atoms. The van der Waals surface area contributed by atoms with Crippen LogP contribution in [0.25, 0.3) is 11.4 Å². The van der Waals surface area contributed by atoms with Crippen LogP contribution in [0.15, 0.2) is 40.5 Å². The van der Waals surface area contributed by atoms with E-state index in [1.807, 2.05) is 17.4 Å². The van der Waals surface area contributed by atoms with Crippen molar-refractivity contribution in [3.05, 3.63) is 73.3 Å². The van der Waals surface area contributed by atoms with Crippen LogP contribution in [0.4, 0.5) is 0 Å². The summed E-state index contributed by atoms with van der Waals surface area (Å²) in [6.45, 7) is 2.95. The molecule has 0 radical (unpaired) electrons. The Bertz CT molecular complexity index is 1020. The topological polar surface area (TPSA) is 49.0 Å². The molecule has 0 unspecified atom stereocenters. The first-order valence-electron chi connectivity index (χ1n) is 8.83. The molecule has 1 aromatic carbocycles. The largest absolute Gasteiger partial charge is 0.306 e. The fourth-order valence-corrected chi connectivity index (χ4v) is 5.69. The van der Waals surface area contributed by atoms with E-state index in [1.165, 1.54) is 16.0 Å². The van der Waals surface area contributed by atoms with Gasteiger partial charge in [-0.2, -0.15) is 11.8 Å². The summed E-state index contributed by atoms with van der Waals surface area (Å²) < 4.78 is 0. The average molecular weight is 382 g/mol. The predicted octanol–water partition coefficient (Wildman–Crippen LogP) is 3.80. The van der Waals surface area contributed by atoms with E-state index >= 15 is 0 Å². The Balaban J connectivity index is 1.47. The Kier molecular flexibility index (Phi) is 4.19. The van der Waals surface area contributed by atoms with Gasteiger partial charge in [-0.15, -0.1) is 11.3 Å². The van der Waals surface area contributed by atoms with Gasteiger partial charge in [-0.3, -0.25) is 9.69 Å². The molecule has 0 atom stereocenters. The van der Waals surface area contributed by atoms with Gasteiger partial charge in [0.25, 0.3) is 5.56 Å². The number of benzene rings is 1. The van der Waals surface area contributed by atoms with Crippen molar-refractivity contribution in [3.8, 4) is 11.4 Å². The lowest BCUT2D eigenvalue weighted by atomic mass is 10.0. The predicted molar refractivity (Wildman–Crippen MR) is 107 cm³/mol. The van der Waals surface area contributed by atoms with E-state index in [2.05, 4.69) is 39.5 Å². The third-order valence-corrected chi connectivity index (χ3v) is 7.13. The van der Waals surface area contributed by atoms with E-state index in [0.717, 1.165) is 54.4 Å². The van der Waals surface area contributed by atoms with Crippen molar-refractivity contribution in [2.75, 3.05) is 6.54 Å². The molecule has 0 saturated carbocycles. The smallest absolute Gasteiger partial charge is 0.255 e. The number of nitrogens with zero attached hydrogens (tertiary/aromatic N) is 2. The lowest BCUT2D eigenvalue weighted by Gasteiger charge is -2.27. The van der Waals surface area contributed by atoms with Crippen molar-refractivity contribution in [2.24, 2.45) is 0 Å². The van der Waals surface area contributed by atoms with Gasteiger partial charge in [0, 0.05) is 47.1 Å². The summed E-state index contributed by atoms with van der Waals surface area (Å²) in [5.74, 6) is 2.32. The Hall–Kier alpha value is -1.89. The summed E-state index contributed by atoms with van der Waals surface area (Å²) in [5.41, 5.74) is 5.53. The number of nitrogens with one attached hydrogen (secondary N) is 1. The molecule has 2 aliphatic rings. The van der Waals surface area contributed by atoms with Crippen molar-refractivity contribution >= 4 is 23.1 Å². The maximum absolute atomic E-state index is 12.4. The van der Waals surface area contributed by atoms with E-state index < -0.39 is 0 Å². The minimum atomic E-state index is 0.0192. The number of rotatable bonds is 3. The van der Waals surface area contributed by atoms with Crippen molar-refractivity contribution in [3.63, 3.8) is 0 Å². The zero-order valence-corrected chi connectivity index (χ0v) is 16.0. The van der Waals surface area contributed by atoms with Gasteiger partial charge in [-0.1, -0.05) is 24.3 Å². The van der Waals surface area contributed by atoms with Gasteiger partial charge in [-0.05, 0) is 29.0 Å². The van der Waals surface area contributed by atoms with Gasteiger partial charge < -0.3 is 4.98 Å². The summed E-state index contributed by atoms with van der Waals surface area (Å²) >= 11 is 3.63. The molecule has 2 aliphatic heterocycles. The molecule has 1 N–H and O–H groups in total. The molecule has 5 rings (SSSR count). The van der Waals surface area contributed by atoms with Crippen LogP contribution < -0.4 is 5.56 Å². The van der Waals surface area contributed by atoms with E-state index in [9.17, 15) is 4.79 Å². The standard InChI is InChI=1S/C20H19N3OS2/c24-20-16-11-25-12-17(16)21-19(22-20)15-4-2-1-3-13(15)9-23-7-5-18-14(10-23)6-8-26-18/h1-4,6,8H,5,7,9-12H2,(H,21,22,24). The molecule has 0 bridgehead atoms. The number of thioether (sulfide) groups is 1. The monoisotopic (exact) mass is 381 g/mol. The highest BCUT2D eigenvalue weighted by molar-refractivity contribution is 7.98. The molecule has 132 valence electrons. The number of H-pyrrole nitrogens is 1. The van der Waals surface area contributed by atoms with Gasteiger partial charge in [-0.25, -0.2) is 4.98 Å². The quantitative estimate of drug-likeness (QED) is 0.750. The van der Waals surface area contributed by atoms with Crippen molar-refractivity contribution in [1.29, 1.82) is 0 Å². The van der Waals surface area contributed by atoms with Crippen molar-refractivity contribution in [2.45, 2.75) is 31.0 Å². The highest BCUT2D eigenvalue weighted by atomic mass is 32.2. The molecule has 3 aromatic rings. The molecule has 2 aromatic heterocycles. The minimum absolute atomic E-state index is 0.0192. The minimum Gasteiger partial charge on any atom is -0.306 e. The van der Waals surface area contributed by atoms with Crippen LogP contribution in [0.2, 0.25) is 0 Å². The van der Waals surface area contributed by atoms with Crippen LogP contribution in [-0.4, -0.2) is 21.4 Å². The number of fused-ring (bicyclic) bond motifs is 2. The van der Waals surface area contributed by atoms with Gasteiger partial charge in [0.05, 0.1) is 5.69 Å². The summed E-state index contributed by atoms with van der Waals surface area (Å²) in [4.78, 5) is 24.2. The molecule has 4 heterocycles. The van der Waals surface area contributed by atoms with Crippen molar-refractivity contribution in [1.82, 2.24) is 14.9 Å². The summed E-state index contributed by atoms with van der Waals surface area (Å²) in [6, 6.07) is 10.6. The third kappa shape index (κ3) is 2.92. The number of aromatic amines is 1. The first-order chi connectivity index (χ1) is 12.8. The first kappa shape index (κ1) is 16.3. The second kappa shape index (κ2) is 6.68. The average Bonchev–Trinajstić information content (AvgIpc) is 3.31. The highest BCUT2D eigenvalue weighted by Crippen LogP contribution is 2.30. The molecule has 0 saturated heterocycles. The normalized spacial score (nSPS) is 16.5. The summed E-state index contributed by atoms with van der Waals surface area (Å²) in [7, 11) is 0. The lowest BCUT2D eigenvalue weighted by Crippen LogP contribution is -2.29. The molecule has 0 fully saturated rings. The fraction of sp³-hybridized carbons (Fsp3) is 0.300. The second-order valence-corrected chi connectivity index (χ2v) is 8.81. The van der Waals surface area contributed by atoms with E-state index in [0.29, 0.717) is 5.82 Å². The zero-order chi connectivity index (χ0) is 17.5. The van der Waals surface area contributed by atoms with E-state index in [1.54, 1.807) is 11.8 Å². The zero-order valence-electron chi connectivity index (χ0n) is 14.3. The number of hydrogen-bond acceptors (Lipinski definition) is 5. The fourth-order valence-electron chi connectivity index (χ4n) is 3.76. The van der Waals surface area contributed by atoms with Crippen LogP contribution in [0.3, 0.4) is 0 Å². The van der Waals surface area contributed by atoms with Crippen LogP contribution >= 0.6 is 23.1 Å². The van der Waals surface area contributed by atoms with Gasteiger partial charge in [0.1, 0.15) is 5.82 Å². The van der Waals surface area contributed by atoms with E-state index in [4.69, 9.17) is 4.98 Å². The van der Waals surface area contributed by atoms with Crippen LogP contribution in [0.5, 0.6) is 0 Å². The molecule has 0 spiro atoms. The summed E-state index contributed by atoms with van der Waals surface area (Å²) in [5, 5.41) is 2.19. The van der Waals surface area contributed by atoms with Crippen LogP contribution in [0, 0.1) is 0 Å². The maximum Gasteiger partial charge on any atom is 0.255 e. The van der Waals surface area contributed by atoms with Gasteiger partial charge in [0.2, 0.25) is 0 Å². The Labute approximate surface area is 160 Å². The Morgan fingerprint density at radius 3 is 3.08 bits per heavy atom. The molecule has 0 amide bonds. The lowest BCUT2D eigenvalue weighted by molar-refractivity contribution is 0.248. The number of aromatic nitrogens is 2. The maximum atomic E-state index is 12.4. The van der Waals surface area contributed by atoms with Crippen LogP contribution in [-0.2, 0) is 31.0 Å². The van der Waals surface area contributed by atoms with Crippen molar-refractivity contribution < 1.29 is 0 Å². The highest BCUT2D eigenvalue weighted by Gasteiger charge is 2.21. The number of thiophene rings is 1. The van der Waals surface area contributed by atoms with Gasteiger partial charge in [0.15, 0.2) is 0 Å². The van der Waals surface area contributed by atoms with Crippen LogP contribution in [0.1, 0.15) is 27.3 Å². The van der Waals surface area contributed by atoms with E-state index in [-0.39, 0.29) is 5.56 Å². The second-order valence-electron chi connectivity index (χ2n) is 6.82. The molecular weight excluding hydrogens is 362 g/mol. The van der Waals surface area contributed by atoms with Gasteiger partial charge >= 0.3 is 0 Å². The Morgan fingerprint density at radius 2 is 2.12 bits per heavy atom. The molecular formula is C20H19N3OS2. The molecule has 0 aliphatic carbocycles. The SMILES string of the molecule is O=c1[nH]c(-c2ccccc2CN2CCc3sccc3C2)nc2c1CSC2. The third-order valence-electron chi connectivity index (χ3n) is 5.14. The molecule has 6 heteroatoms. The number of hydrogen-bond donors (Lipinski definition) is 1. The molecule has 4 nitrogen and oxygen atoms in total. The first-order valence-corrected chi connectivity index (χ1v) is 10.9. The Morgan fingerprint density at radius 1 is 1.19 bits per heavy atom. The summed E-state index contributed by atoms with van der Waals surface area (Å²) in [6.07, 6.45) is 1.13.